The number of carbonyl (C=O) groups is 1. The molecule has 1 N–H and O–H groups in total. The van der Waals surface area contributed by atoms with Gasteiger partial charge < -0.3 is 10.1 Å². The van der Waals surface area contributed by atoms with Gasteiger partial charge in [0.15, 0.2) is 11.0 Å². The van der Waals surface area contributed by atoms with Crippen LogP contribution in [-0.4, -0.2) is 38.1 Å². The van der Waals surface area contributed by atoms with Crippen LogP contribution in [-0.2, 0) is 11.3 Å². The third-order valence-corrected chi connectivity index (χ3v) is 7.16. The Kier molecular flexibility index (Phi) is 6.64. The minimum atomic E-state index is -0.174. The number of methoxy groups -OCH3 is 1. The monoisotopic (exact) mass is 503 g/mol. The number of thioether (sulfide) groups is 1. The zero-order chi connectivity index (χ0) is 24.2. The number of anilines is 1. The van der Waals surface area contributed by atoms with Gasteiger partial charge in [-0.3, -0.25) is 18.7 Å². The summed E-state index contributed by atoms with van der Waals surface area (Å²) in [4.78, 5) is 25.2. The number of ether oxygens (including phenoxy) is 1. The summed E-state index contributed by atoms with van der Waals surface area (Å²) in [5.41, 5.74) is 2.37. The standard InChI is InChI=1S/C25H21N5O3S2/c1-33-19-11-7-8-17(14-19)26-23(31)16-34-24-28-27-22(30(24)18-9-3-2-4-10-18)15-29-20-12-5-6-13-21(20)35-25(29)32/h2-14H,15-16H2,1H3,(H,26,31). The van der Waals surface area contributed by atoms with Crippen molar-refractivity contribution < 1.29 is 9.53 Å². The molecule has 0 aliphatic rings. The van der Waals surface area contributed by atoms with Gasteiger partial charge in [-0.15, -0.1) is 10.2 Å². The first-order valence-corrected chi connectivity index (χ1v) is 12.6. The maximum absolute atomic E-state index is 12.7. The van der Waals surface area contributed by atoms with Crippen molar-refractivity contribution in [1.29, 1.82) is 0 Å². The molecule has 0 saturated heterocycles. The van der Waals surface area contributed by atoms with Crippen LogP contribution in [0.1, 0.15) is 5.82 Å². The van der Waals surface area contributed by atoms with Crippen molar-refractivity contribution in [1.82, 2.24) is 19.3 Å². The second-order valence-corrected chi connectivity index (χ2v) is 9.50. The number of nitrogens with zero attached hydrogens (tertiary/aromatic N) is 4. The molecular weight excluding hydrogens is 482 g/mol. The second-order valence-electron chi connectivity index (χ2n) is 7.56. The van der Waals surface area contributed by atoms with E-state index in [0.29, 0.717) is 22.4 Å². The molecule has 0 radical (unpaired) electrons. The molecule has 10 heteroatoms. The van der Waals surface area contributed by atoms with E-state index in [1.807, 2.05) is 71.3 Å². The fourth-order valence-electron chi connectivity index (χ4n) is 3.67. The third kappa shape index (κ3) is 4.98. The van der Waals surface area contributed by atoms with Gasteiger partial charge in [-0.25, -0.2) is 0 Å². The number of carbonyl (C=O) groups excluding carboxylic acids is 1. The van der Waals surface area contributed by atoms with E-state index in [9.17, 15) is 9.59 Å². The van der Waals surface area contributed by atoms with Crippen LogP contribution in [0.4, 0.5) is 5.69 Å². The lowest BCUT2D eigenvalue weighted by atomic mass is 10.3. The Hall–Kier alpha value is -3.89. The molecule has 35 heavy (non-hydrogen) atoms. The molecular formula is C25H21N5O3S2. The molecule has 0 aliphatic carbocycles. The highest BCUT2D eigenvalue weighted by molar-refractivity contribution is 7.99. The number of nitrogens with one attached hydrogen (secondary N) is 1. The third-order valence-electron chi connectivity index (χ3n) is 5.27. The maximum Gasteiger partial charge on any atom is 0.308 e. The van der Waals surface area contributed by atoms with Gasteiger partial charge in [-0.2, -0.15) is 0 Å². The van der Waals surface area contributed by atoms with Crippen LogP contribution in [0.15, 0.2) is 88.8 Å². The summed E-state index contributed by atoms with van der Waals surface area (Å²) in [6.07, 6.45) is 0. The highest BCUT2D eigenvalue weighted by Gasteiger charge is 2.18. The molecule has 0 aliphatic heterocycles. The van der Waals surface area contributed by atoms with E-state index in [1.165, 1.54) is 23.1 Å². The van der Waals surface area contributed by atoms with Gasteiger partial charge in [0.1, 0.15) is 5.75 Å². The van der Waals surface area contributed by atoms with Crippen molar-refractivity contribution in [3.05, 3.63) is 94.4 Å². The number of para-hydroxylation sites is 2. The predicted octanol–water partition coefficient (Wildman–Crippen LogP) is 4.43. The minimum Gasteiger partial charge on any atom is -0.497 e. The molecule has 2 heterocycles. The number of benzene rings is 3. The highest BCUT2D eigenvalue weighted by atomic mass is 32.2. The topological polar surface area (TPSA) is 91.0 Å². The van der Waals surface area contributed by atoms with E-state index >= 15 is 0 Å². The predicted molar refractivity (Wildman–Crippen MR) is 139 cm³/mol. The average Bonchev–Trinajstić information content (AvgIpc) is 3.43. The summed E-state index contributed by atoms with van der Waals surface area (Å²) in [6.45, 7) is 0.265. The van der Waals surface area contributed by atoms with Crippen LogP contribution in [0.25, 0.3) is 15.9 Å². The van der Waals surface area contributed by atoms with Crippen molar-refractivity contribution in [3.63, 3.8) is 0 Å². The summed E-state index contributed by atoms with van der Waals surface area (Å²) in [7, 11) is 1.58. The fourth-order valence-corrected chi connectivity index (χ4v) is 5.33. The number of hydrogen-bond acceptors (Lipinski definition) is 7. The molecule has 5 rings (SSSR count). The van der Waals surface area contributed by atoms with E-state index in [4.69, 9.17) is 4.74 Å². The number of aromatic nitrogens is 4. The molecule has 0 spiro atoms. The Morgan fingerprint density at radius 3 is 2.66 bits per heavy atom. The van der Waals surface area contributed by atoms with Crippen molar-refractivity contribution in [2.24, 2.45) is 0 Å². The molecule has 0 atom stereocenters. The van der Waals surface area contributed by atoms with E-state index < -0.39 is 0 Å². The summed E-state index contributed by atoms with van der Waals surface area (Å²) >= 11 is 2.49. The lowest BCUT2D eigenvalue weighted by molar-refractivity contribution is -0.113. The van der Waals surface area contributed by atoms with Crippen LogP contribution in [0, 0.1) is 0 Å². The van der Waals surface area contributed by atoms with E-state index in [0.717, 1.165) is 15.9 Å². The molecule has 3 aromatic carbocycles. The second kappa shape index (κ2) is 10.2. The van der Waals surface area contributed by atoms with Gasteiger partial charge in [-0.1, -0.05) is 59.5 Å². The summed E-state index contributed by atoms with van der Waals surface area (Å²) in [5.74, 6) is 1.24. The number of hydrogen-bond donors (Lipinski definition) is 1. The summed E-state index contributed by atoms with van der Waals surface area (Å²) in [6, 6.07) is 24.6. The molecule has 8 nitrogen and oxygen atoms in total. The van der Waals surface area contributed by atoms with Gasteiger partial charge in [0.25, 0.3) is 0 Å². The first kappa shape index (κ1) is 22.9. The van der Waals surface area contributed by atoms with E-state index in [1.54, 1.807) is 23.8 Å². The number of fused-ring (bicyclic) bond motifs is 1. The van der Waals surface area contributed by atoms with Gasteiger partial charge in [0, 0.05) is 17.4 Å². The first-order valence-electron chi connectivity index (χ1n) is 10.8. The van der Waals surface area contributed by atoms with E-state index in [-0.39, 0.29) is 23.1 Å². The number of rotatable bonds is 8. The zero-order valence-corrected chi connectivity index (χ0v) is 20.4. The van der Waals surface area contributed by atoms with Gasteiger partial charge >= 0.3 is 4.87 Å². The summed E-state index contributed by atoms with van der Waals surface area (Å²) in [5, 5.41) is 12.2. The Labute approximate surface area is 209 Å². The van der Waals surface area contributed by atoms with Gasteiger partial charge in [0.05, 0.1) is 29.6 Å². The average molecular weight is 504 g/mol. The highest BCUT2D eigenvalue weighted by Crippen LogP contribution is 2.25. The molecule has 0 bridgehead atoms. The molecule has 176 valence electrons. The number of thiazole rings is 1. The Bertz CT molecular complexity index is 1540. The van der Waals surface area contributed by atoms with Gasteiger partial charge in [0.2, 0.25) is 5.91 Å². The molecule has 0 fully saturated rings. The largest absolute Gasteiger partial charge is 0.497 e. The van der Waals surface area contributed by atoms with Crippen molar-refractivity contribution in [3.8, 4) is 11.4 Å². The molecule has 0 saturated carbocycles. The van der Waals surface area contributed by atoms with Crippen LogP contribution >= 0.6 is 23.1 Å². The first-order chi connectivity index (χ1) is 17.1. The number of amides is 1. The quantitative estimate of drug-likeness (QED) is 0.315. The summed E-state index contributed by atoms with van der Waals surface area (Å²) < 4.78 is 9.73. The van der Waals surface area contributed by atoms with Crippen molar-refractivity contribution in [2.45, 2.75) is 11.7 Å². The molecule has 5 aromatic rings. The normalized spacial score (nSPS) is 11.0. The van der Waals surface area contributed by atoms with Crippen LogP contribution in [0.5, 0.6) is 5.75 Å². The smallest absolute Gasteiger partial charge is 0.308 e. The molecule has 1 amide bonds. The van der Waals surface area contributed by atoms with Crippen LogP contribution < -0.4 is 14.9 Å². The Balaban J connectivity index is 1.41. The van der Waals surface area contributed by atoms with Crippen LogP contribution in [0.2, 0.25) is 0 Å². The van der Waals surface area contributed by atoms with E-state index in [2.05, 4.69) is 15.5 Å². The maximum atomic E-state index is 12.7. The van der Waals surface area contributed by atoms with Gasteiger partial charge in [-0.05, 0) is 36.4 Å². The lowest BCUT2D eigenvalue weighted by Gasteiger charge is -2.11. The van der Waals surface area contributed by atoms with Crippen LogP contribution in [0.3, 0.4) is 0 Å². The fraction of sp³-hybridized carbons (Fsp3) is 0.120. The Morgan fingerprint density at radius 2 is 1.83 bits per heavy atom. The minimum absolute atomic E-state index is 0.0549. The Morgan fingerprint density at radius 1 is 1.03 bits per heavy atom. The molecule has 0 unspecified atom stereocenters. The van der Waals surface area contributed by atoms with Crippen molar-refractivity contribution in [2.75, 3.05) is 18.2 Å². The molecule has 2 aromatic heterocycles. The zero-order valence-electron chi connectivity index (χ0n) is 18.7. The van der Waals surface area contributed by atoms with Crippen molar-refractivity contribution >= 4 is 44.9 Å². The SMILES string of the molecule is COc1cccc(NC(=O)CSc2nnc(Cn3c(=O)sc4ccccc43)n2-c2ccccc2)c1. The lowest BCUT2D eigenvalue weighted by Crippen LogP contribution is -2.17.